The molecule has 186 valence electrons. The molecule has 6 heteroatoms. The van der Waals surface area contributed by atoms with E-state index in [1.165, 1.54) is 32.1 Å². The highest BCUT2D eigenvalue weighted by Crippen LogP contribution is 2.53. The number of H-pyrrole nitrogens is 1. The Hall–Kier alpha value is -2.60. The van der Waals surface area contributed by atoms with Crippen LogP contribution in [-0.4, -0.2) is 35.9 Å². The number of Topliss-reactive ketones (excluding diaryl/α,β-unsaturated/α-hetero) is 1. The largest absolute Gasteiger partial charge is 0.493 e. The van der Waals surface area contributed by atoms with Gasteiger partial charge in [0.05, 0.1) is 17.7 Å². The van der Waals surface area contributed by atoms with Gasteiger partial charge in [0.1, 0.15) is 5.75 Å². The Morgan fingerprint density at radius 2 is 1.80 bits per heavy atom. The fraction of sp³-hybridized carbons (Fsp3) is 0.586. The highest BCUT2D eigenvalue weighted by atomic mass is 16.5. The SMILES string of the molecule is O=C(Nc1cccc(OCCCNC2C3CC4CC(C3)CC2C4)c1)c1c[nH]c2c1C(=O)CCCC2. The van der Waals surface area contributed by atoms with E-state index in [1.54, 1.807) is 6.20 Å². The summed E-state index contributed by atoms with van der Waals surface area (Å²) >= 11 is 0. The van der Waals surface area contributed by atoms with Crippen molar-refractivity contribution in [1.82, 2.24) is 10.3 Å². The van der Waals surface area contributed by atoms with Gasteiger partial charge in [0.25, 0.3) is 5.91 Å². The molecule has 0 aliphatic heterocycles. The zero-order valence-electron chi connectivity index (χ0n) is 20.5. The number of amides is 1. The van der Waals surface area contributed by atoms with E-state index in [4.69, 9.17) is 4.74 Å². The van der Waals surface area contributed by atoms with Crippen LogP contribution < -0.4 is 15.4 Å². The molecule has 0 atom stereocenters. The van der Waals surface area contributed by atoms with Crippen molar-refractivity contribution in [2.75, 3.05) is 18.5 Å². The van der Waals surface area contributed by atoms with Gasteiger partial charge in [-0.05, 0) is 100 Å². The average Bonchev–Trinajstić information content (AvgIpc) is 3.18. The highest BCUT2D eigenvalue weighted by molar-refractivity contribution is 6.13. The fourth-order valence-electron chi connectivity index (χ4n) is 7.52. The minimum absolute atomic E-state index is 0.0586. The molecular formula is C29H37N3O3. The summed E-state index contributed by atoms with van der Waals surface area (Å²) in [5.74, 6) is 4.38. The molecule has 3 N–H and O–H groups in total. The van der Waals surface area contributed by atoms with Gasteiger partial charge in [-0.2, -0.15) is 0 Å². The van der Waals surface area contributed by atoms with E-state index in [2.05, 4.69) is 15.6 Å². The number of benzene rings is 1. The Morgan fingerprint density at radius 1 is 1.03 bits per heavy atom. The van der Waals surface area contributed by atoms with Gasteiger partial charge in [0.15, 0.2) is 5.78 Å². The number of aromatic amines is 1. The number of hydrogen-bond donors (Lipinski definition) is 3. The van der Waals surface area contributed by atoms with E-state index in [0.29, 0.717) is 29.8 Å². The molecule has 4 saturated carbocycles. The molecule has 35 heavy (non-hydrogen) atoms. The fourth-order valence-corrected chi connectivity index (χ4v) is 7.52. The third-order valence-electron chi connectivity index (χ3n) is 8.85. The molecule has 2 aromatic rings. The molecule has 1 aromatic heterocycles. The van der Waals surface area contributed by atoms with Gasteiger partial charge >= 0.3 is 0 Å². The van der Waals surface area contributed by atoms with Gasteiger partial charge in [-0.25, -0.2) is 0 Å². The second-order valence-electron chi connectivity index (χ2n) is 11.3. The van der Waals surface area contributed by atoms with Crippen molar-refractivity contribution in [2.45, 2.75) is 70.3 Å². The highest BCUT2D eigenvalue weighted by Gasteiger charge is 2.47. The second-order valence-corrected chi connectivity index (χ2v) is 11.3. The van der Waals surface area contributed by atoms with Crippen molar-refractivity contribution in [3.8, 4) is 5.75 Å². The van der Waals surface area contributed by atoms with Crippen LogP contribution in [0, 0.1) is 23.7 Å². The van der Waals surface area contributed by atoms with Crippen LogP contribution in [0.1, 0.15) is 84.2 Å². The first-order valence-electron chi connectivity index (χ1n) is 13.6. The summed E-state index contributed by atoms with van der Waals surface area (Å²) in [6, 6.07) is 8.24. The van der Waals surface area contributed by atoms with Crippen LogP contribution >= 0.6 is 0 Å². The smallest absolute Gasteiger partial charge is 0.257 e. The Morgan fingerprint density at radius 3 is 2.60 bits per heavy atom. The molecule has 5 aliphatic carbocycles. The minimum Gasteiger partial charge on any atom is -0.493 e. The summed E-state index contributed by atoms with van der Waals surface area (Å²) in [4.78, 5) is 28.6. The van der Waals surface area contributed by atoms with Gasteiger partial charge in [-0.15, -0.1) is 0 Å². The molecule has 0 saturated heterocycles. The summed E-state index contributed by atoms with van der Waals surface area (Å²) < 4.78 is 6.00. The van der Waals surface area contributed by atoms with Crippen molar-refractivity contribution >= 4 is 17.4 Å². The number of ketones is 1. The van der Waals surface area contributed by atoms with Gasteiger partial charge in [-0.1, -0.05) is 6.07 Å². The molecule has 1 aromatic carbocycles. The minimum atomic E-state index is -0.255. The Labute approximate surface area is 207 Å². The maximum absolute atomic E-state index is 12.9. The molecule has 1 amide bonds. The van der Waals surface area contributed by atoms with Gasteiger partial charge in [0.2, 0.25) is 0 Å². The number of carbonyl (C=O) groups excluding carboxylic acids is 2. The molecule has 5 aliphatic rings. The lowest BCUT2D eigenvalue weighted by molar-refractivity contribution is -0.0137. The number of ether oxygens (including phenoxy) is 1. The van der Waals surface area contributed by atoms with Crippen LogP contribution in [-0.2, 0) is 6.42 Å². The zero-order valence-corrected chi connectivity index (χ0v) is 20.5. The summed E-state index contributed by atoms with van der Waals surface area (Å²) in [7, 11) is 0. The van der Waals surface area contributed by atoms with Crippen LogP contribution in [0.5, 0.6) is 5.75 Å². The Kier molecular flexibility index (Phi) is 6.40. The summed E-state index contributed by atoms with van der Waals surface area (Å²) in [6.07, 6.45) is 13.1. The number of rotatable bonds is 8. The van der Waals surface area contributed by atoms with E-state index in [9.17, 15) is 9.59 Å². The molecule has 0 unspecified atom stereocenters. The third kappa shape index (κ3) is 4.77. The lowest BCUT2D eigenvalue weighted by Gasteiger charge is -2.54. The van der Waals surface area contributed by atoms with Gasteiger partial charge in [-0.3, -0.25) is 9.59 Å². The van der Waals surface area contributed by atoms with Crippen molar-refractivity contribution in [3.05, 3.63) is 47.3 Å². The van der Waals surface area contributed by atoms with E-state index >= 15 is 0 Å². The quantitative estimate of drug-likeness (QED) is 0.355. The number of carbonyl (C=O) groups is 2. The molecule has 6 nitrogen and oxygen atoms in total. The molecule has 0 radical (unpaired) electrons. The van der Waals surface area contributed by atoms with Crippen LogP contribution in [0.3, 0.4) is 0 Å². The third-order valence-corrected chi connectivity index (χ3v) is 8.85. The van der Waals surface area contributed by atoms with Crippen molar-refractivity contribution in [2.24, 2.45) is 23.7 Å². The number of anilines is 1. The Bertz CT molecular complexity index is 1060. The molecule has 4 bridgehead atoms. The van der Waals surface area contributed by atoms with Crippen molar-refractivity contribution in [3.63, 3.8) is 0 Å². The van der Waals surface area contributed by atoms with E-state index in [1.807, 2.05) is 24.3 Å². The number of aryl methyl sites for hydroxylation is 1. The molecule has 0 spiro atoms. The second kappa shape index (κ2) is 9.81. The molecule has 7 rings (SSSR count). The van der Waals surface area contributed by atoms with Crippen molar-refractivity contribution < 1.29 is 14.3 Å². The molecular weight excluding hydrogens is 438 g/mol. The van der Waals surface area contributed by atoms with Crippen LogP contribution in [0.25, 0.3) is 0 Å². The monoisotopic (exact) mass is 475 g/mol. The lowest BCUT2D eigenvalue weighted by atomic mass is 9.54. The van der Waals surface area contributed by atoms with Crippen LogP contribution in [0.4, 0.5) is 5.69 Å². The lowest BCUT2D eigenvalue weighted by Crippen LogP contribution is -2.54. The van der Waals surface area contributed by atoms with E-state index < -0.39 is 0 Å². The number of nitrogens with one attached hydrogen (secondary N) is 3. The maximum Gasteiger partial charge on any atom is 0.257 e. The standard InChI is InChI=1S/C29H37N3O3/c33-26-8-2-1-7-25-27(26)24(17-31-25)29(34)32-22-5-3-6-23(16-22)35-10-4-9-30-28-20-12-18-11-19(14-20)15-21(28)13-18/h3,5-6,16-21,28,30-31H,1-2,4,7-15H2,(H,32,34). The Balaban J connectivity index is 0.989. The molecule has 1 heterocycles. The summed E-state index contributed by atoms with van der Waals surface area (Å²) in [6.45, 7) is 1.65. The summed E-state index contributed by atoms with van der Waals surface area (Å²) in [5, 5.41) is 6.82. The first kappa shape index (κ1) is 22.8. The van der Waals surface area contributed by atoms with Crippen molar-refractivity contribution in [1.29, 1.82) is 0 Å². The van der Waals surface area contributed by atoms with Crippen LogP contribution in [0.2, 0.25) is 0 Å². The first-order chi connectivity index (χ1) is 17.1. The van der Waals surface area contributed by atoms with E-state index in [-0.39, 0.29) is 11.7 Å². The number of hydrogen-bond acceptors (Lipinski definition) is 4. The number of aromatic nitrogens is 1. The predicted octanol–water partition coefficient (Wildman–Crippen LogP) is 5.36. The number of fused-ring (bicyclic) bond motifs is 1. The predicted molar refractivity (Wildman–Crippen MR) is 136 cm³/mol. The normalized spacial score (nSPS) is 29.0. The van der Waals surface area contributed by atoms with E-state index in [0.717, 1.165) is 73.4 Å². The maximum atomic E-state index is 12.9. The first-order valence-corrected chi connectivity index (χ1v) is 13.6. The van der Waals surface area contributed by atoms with Gasteiger partial charge in [0, 0.05) is 36.1 Å². The van der Waals surface area contributed by atoms with Gasteiger partial charge < -0.3 is 20.4 Å². The average molecular weight is 476 g/mol. The topological polar surface area (TPSA) is 83.2 Å². The zero-order chi connectivity index (χ0) is 23.8. The summed E-state index contributed by atoms with van der Waals surface area (Å²) in [5.41, 5.74) is 2.57. The van der Waals surface area contributed by atoms with Crippen LogP contribution in [0.15, 0.2) is 30.5 Å². The molecule has 4 fully saturated rings.